The number of guanidine groups is 1. The number of carbonyl (C=O) groups excluding carboxylic acids is 1. The Bertz CT molecular complexity index is 861. The van der Waals surface area contributed by atoms with Crippen LogP contribution >= 0.6 is 0 Å². The lowest BCUT2D eigenvalue weighted by Gasteiger charge is -2.34. The van der Waals surface area contributed by atoms with E-state index in [0.29, 0.717) is 30.9 Å². The minimum Gasteiger partial charge on any atom is -0.479 e. The van der Waals surface area contributed by atoms with Crippen molar-refractivity contribution in [3.63, 3.8) is 0 Å². The van der Waals surface area contributed by atoms with E-state index in [1.54, 1.807) is 36.5 Å². The summed E-state index contributed by atoms with van der Waals surface area (Å²) in [4.78, 5) is 27.8. The minimum atomic E-state index is -1.13. The Morgan fingerprint density at radius 3 is 2.52 bits per heavy atom. The second-order valence-corrected chi connectivity index (χ2v) is 6.81. The molecule has 1 aromatic carbocycles. The molecule has 154 valence electrons. The number of carboxylic acids is 1. The number of nitrogens with zero attached hydrogens (tertiary/aromatic N) is 5. The summed E-state index contributed by atoms with van der Waals surface area (Å²) in [5, 5.41) is 27.4. The normalized spacial score (nSPS) is 15.7. The molecule has 1 atom stereocenters. The standard InChI is InChI=1S/C18H24N8O3/c19-18(20)25-8-6-24(7-9-25)10-14-11-26(23-22-14)12-15(27)21-16(17(28)29)13-4-2-1-3-5-13/h1-5,11,16H,6-10,12H2,(H3,19,20)(H,21,27)(H,28,29)/t16-/m1/s1. The Labute approximate surface area is 167 Å². The van der Waals surface area contributed by atoms with Gasteiger partial charge in [0.2, 0.25) is 5.91 Å². The quantitative estimate of drug-likeness (QED) is 0.349. The summed E-state index contributed by atoms with van der Waals surface area (Å²) in [5.74, 6) is -1.52. The number of aromatic nitrogens is 3. The Morgan fingerprint density at radius 2 is 1.90 bits per heavy atom. The molecule has 0 spiro atoms. The van der Waals surface area contributed by atoms with E-state index in [2.05, 4.69) is 20.5 Å². The highest BCUT2D eigenvalue weighted by molar-refractivity contribution is 5.84. The highest BCUT2D eigenvalue weighted by Crippen LogP contribution is 2.12. The zero-order valence-electron chi connectivity index (χ0n) is 15.9. The van der Waals surface area contributed by atoms with Crippen LogP contribution in [0.5, 0.6) is 0 Å². The summed E-state index contributed by atoms with van der Waals surface area (Å²) >= 11 is 0. The molecule has 0 aliphatic carbocycles. The second kappa shape index (κ2) is 9.15. The average molecular weight is 400 g/mol. The van der Waals surface area contributed by atoms with Crippen molar-refractivity contribution in [2.24, 2.45) is 5.73 Å². The first-order valence-corrected chi connectivity index (χ1v) is 9.20. The fourth-order valence-corrected chi connectivity index (χ4v) is 3.15. The number of carbonyl (C=O) groups is 2. The van der Waals surface area contributed by atoms with Gasteiger partial charge in [0.1, 0.15) is 6.54 Å². The van der Waals surface area contributed by atoms with Crippen LogP contribution in [0.15, 0.2) is 36.5 Å². The van der Waals surface area contributed by atoms with Crippen molar-refractivity contribution in [3.8, 4) is 0 Å². The summed E-state index contributed by atoms with van der Waals surface area (Å²) < 4.78 is 1.39. The van der Waals surface area contributed by atoms with Gasteiger partial charge in [0.25, 0.3) is 0 Å². The van der Waals surface area contributed by atoms with E-state index in [4.69, 9.17) is 11.1 Å². The van der Waals surface area contributed by atoms with E-state index in [-0.39, 0.29) is 12.5 Å². The molecule has 1 aliphatic rings. The topological polar surface area (TPSA) is 153 Å². The van der Waals surface area contributed by atoms with Crippen LogP contribution in [0.2, 0.25) is 0 Å². The van der Waals surface area contributed by atoms with Crippen LogP contribution in [0.1, 0.15) is 17.3 Å². The number of rotatable bonds is 7. The smallest absolute Gasteiger partial charge is 0.330 e. The predicted molar refractivity (Wildman–Crippen MR) is 104 cm³/mol. The van der Waals surface area contributed by atoms with Gasteiger partial charge in [-0.25, -0.2) is 9.48 Å². The molecule has 1 fully saturated rings. The predicted octanol–water partition coefficient (Wildman–Crippen LogP) is -0.769. The van der Waals surface area contributed by atoms with Crippen molar-refractivity contribution < 1.29 is 14.7 Å². The number of hydrogen-bond donors (Lipinski definition) is 4. The van der Waals surface area contributed by atoms with Crippen molar-refractivity contribution in [3.05, 3.63) is 47.8 Å². The molecule has 11 heteroatoms. The number of hydrogen-bond acceptors (Lipinski definition) is 6. The average Bonchev–Trinajstić information content (AvgIpc) is 3.13. The number of carboxylic acid groups (broad SMARTS) is 1. The van der Waals surface area contributed by atoms with Crippen LogP contribution in [0.3, 0.4) is 0 Å². The van der Waals surface area contributed by atoms with Crippen LogP contribution in [-0.4, -0.2) is 73.9 Å². The summed E-state index contributed by atoms with van der Waals surface area (Å²) in [7, 11) is 0. The number of aliphatic carboxylic acids is 1. The third kappa shape index (κ3) is 5.51. The lowest BCUT2D eigenvalue weighted by molar-refractivity contribution is -0.142. The molecular formula is C18H24N8O3. The van der Waals surface area contributed by atoms with Crippen molar-refractivity contribution in [2.75, 3.05) is 26.2 Å². The zero-order valence-corrected chi connectivity index (χ0v) is 15.9. The van der Waals surface area contributed by atoms with Gasteiger partial charge in [-0.05, 0) is 5.56 Å². The summed E-state index contributed by atoms with van der Waals surface area (Å²) in [6.07, 6.45) is 1.68. The lowest BCUT2D eigenvalue weighted by Crippen LogP contribution is -2.50. The molecule has 2 aromatic rings. The van der Waals surface area contributed by atoms with E-state index in [9.17, 15) is 14.7 Å². The fraction of sp³-hybridized carbons (Fsp3) is 0.389. The third-order valence-electron chi connectivity index (χ3n) is 4.68. The Kier molecular flexibility index (Phi) is 6.39. The fourth-order valence-electron chi connectivity index (χ4n) is 3.15. The van der Waals surface area contributed by atoms with Crippen LogP contribution < -0.4 is 11.1 Å². The second-order valence-electron chi connectivity index (χ2n) is 6.81. The van der Waals surface area contributed by atoms with Crippen LogP contribution in [0.4, 0.5) is 0 Å². The van der Waals surface area contributed by atoms with Crippen molar-refractivity contribution in [1.29, 1.82) is 5.41 Å². The maximum atomic E-state index is 12.3. The molecule has 1 saturated heterocycles. The molecule has 1 aromatic heterocycles. The van der Waals surface area contributed by atoms with Gasteiger partial charge in [0, 0.05) is 32.7 Å². The summed E-state index contributed by atoms with van der Waals surface area (Å²) in [6.45, 7) is 3.33. The van der Waals surface area contributed by atoms with E-state index < -0.39 is 17.9 Å². The number of amides is 1. The van der Waals surface area contributed by atoms with E-state index in [0.717, 1.165) is 13.1 Å². The number of piperazine rings is 1. The lowest BCUT2D eigenvalue weighted by atomic mass is 10.1. The number of nitrogens with two attached hydrogens (primary N) is 1. The Hall–Kier alpha value is -3.47. The van der Waals surface area contributed by atoms with Gasteiger partial charge < -0.3 is 21.1 Å². The first kappa shape index (κ1) is 20.3. The molecule has 3 rings (SSSR count). The highest BCUT2D eigenvalue weighted by atomic mass is 16.4. The van der Waals surface area contributed by atoms with Gasteiger partial charge in [-0.3, -0.25) is 15.1 Å². The largest absolute Gasteiger partial charge is 0.479 e. The van der Waals surface area contributed by atoms with Gasteiger partial charge in [-0.1, -0.05) is 35.5 Å². The molecule has 29 heavy (non-hydrogen) atoms. The molecule has 0 unspecified atom stereocenters. The number of benzene rings is 1. The van der Waals surface area contributed by atoms with Crippen LogP contribution in [0, 0.1) is 5.41 Å². The Balaban J connectivity index is 1.52. The first-order chi connectivity index (χ1) is 13.9. The van der Waals surface area contributed by atoms with Crippen LogP contribution in [0.25, 0.3) is 0 Å². The van der Waals surface area contributed by atoms with Crippen molar-refractivity contribution in [1.82, 2.24) is 30.1 Å². The molecule has 0 bridgehead atoms. The maximum Gasteiger partial charge on any atom is 0.330 e. The van der Waals surface area contributed by atoms with Crippen LogP contribution in [-0.2, 0) is 22.7 Å². The van der Waals surface area contributed by atoms with E-state index in [1.807, 2.05) is 4.90 Å². The SMILES string of the molecule is N=C(N)N1CCN(Cc2cn(CC(=O)N[C@@H](C(=O)O)c3ccccc3)nn2)CC1. The maximum absolute atomic E-state index is 12.3. The van der Waals surface area contributed by atoms with Gasteiger partial charge in [-0.15, -0.1) is 5.10 Å². The molecule has 11 nitrogen and oxygen atoms in total. The molecule has 0 saturated carbocycles. The summed E-state index contributed by atoms with van der Waals surface area (Å²) in [6, 6.07) is 7.40. The van der Waals surface area contributed by atoms with E-state index in [1.165, 1.54) is 4.68 Å². The summed E-state index contributed by atoms with van der Waals surface area (Å²) in [5.41, 5.74) is 6.71. The zero-order chi connectivity index (χ0) is 20.8. The molecule has 1 amide bonds. The molecular weight excluding hydrogens is 376 g/mol. The van der Waals surface area contributed by atoms with Gasteiger partial charge in [-0.2, -0.15) is 0 Å². The number of nitrogens with one attached hydrogen (secondary N) is 2. The minimum absolute atomic E-state index is 0.0803. The monoisotopic (exact) mass is 400 g/mol. The van der Waals surface area contributed by atoms with E-state index >= 15 is 0 Å². The molecule has 1 aliphatic heterocycles. The molecule has 0 radical (unpaired) electrons. The van der Waals surface area contributed by atoms with Crippen molar-refractivity contribution >= 4 is 17.8 Å². The van der Waals surface area contributed by atoms with Gasteiger partial charge in [0.05, 0.1) is 11.9 Å². The molecule has 2 heterocycles. The van der Waals surface area contributed by atoms with Gasteiger partial charge >= 0.3 is 5.97 Å². The first-order valence-electron chi connectivity index (χ1n) is 9.20. The third-order valence-corrected chi connectivity index (χ3v) is 4.68. The van der Waals surface area contributed by atoms with Gasteiger partial charge in [0.15, 0.2) is 12.0 Å². The molecule has 5 N–H and O–H groups in total. The van der Waals surface area contributed by atoms with Crippen molar-refractivity contribution in [2.45, 2.75) is 19.1 Å². The highest BCUT2D eigenvalue weighted by Gasteiger charge is 2.22. The Morgan fingerprint density at radius 1 is 1.21 bits per heavy atom.